The van der Waals surface area contributed by atoms with Gasteiger partial charge >= 0.3 is 0 Å². The van der Waals surface area contributed by atoms with Crippen molar-refractivity contribution in [2.75, 3.05) is 0 Å². The van der Waals surface area contributed by atoms with Crippen molar-refractivity contribution in [3.63, 3.8) is 0 Å². The zero-order valence-electron chi connectivity index (χ0n) is 37.4. The molecule has 2 N–H and O–H groups in total. The van der Waals surface area contributed by atoms with Gasteiger partial charge in [0.15, 0.2) is 13.3 Å². The van der Waals surface area contributed by atoms with Gasteiger partial charge in [-0.1, -0.05) is 118 Å². The first-order valence-corrected chi connectivity index (χ1v) is 49.5. The molecule has 0 aromatic rings. The average Bonchev–Trinajstić information content (AvgIpc) is 3.78. The van der Waals surface area contributed by atoms with E-state index in [0.717, 1.165) is 0 Å². The fourth-order valence-electron chi connectivity index (χ4n) is 9.96. The van der Waals surface area contributed by atoms with E-state index < -0.39 is 58.8 Å². The van der Waals surface area contributed by atoms with Gasteiger partial charge in [-0.3, -0.25) is 9.59 Å². The predicted molar refractivity (Wildman–Crippen MR) is 254 cm³/mol. The zero-order valence-corrected chi connectivity index (χ0v) is 49.0. The Morgan fingerprint density at radius 3 is 0.352 bits per heavy atom. The van der Waals surface area contributed by atoms with Gasteiger partial charge in [0.1, 0.15) is 0 Å². The van der Waals surface area contributed by atoms with Crippen LogP contribution < -0.4 is 0 Å². The van der Waals surface area contributed by atoms with Crippen LogP contribution in [0, 0.1) is 128 Å². The van der Waals surface area contributed by atoms with Gasteiger partial charge in [0, 0.05) is 97.2 Å². The van der Waals surface area contributed by atoms with E-state index in [9.17, 15) is 19.8 Å². The molecule has 54 heavy (non-hydrogen) atoms. The fraction of sp³-hybridized carbons (Fsp3) is 0.450. The summed E-state index contributed by atoms with van der Waals surface area (Å²) in [4.78, 5) is 24.3. The largest absolute Gasteiger partial charge is 0.486 e. The molecule has 0 amide bonds. The SMILES string of the molecule is C[Si](C)(C)[Si](C(=O)O)([Si](C)(C)C)[Si](C)(C)C.C[Si](C)(C)[Si](C(=O)O)([Si](C)(C)C)[Si](C)(C)C.[CH]1[CH][CH][CH][CH]1.[CH]1[CH][CH][CH][CH]1.[CH]1[CH][CH][CH][CH]1.[CH]1[CH][CH][CH][CH]1.[Sc].[Sc]. The molecule has 0 atom stereocenters. The summed E-state index contributed by atoms with van der Waals surface area (Å²) in [5.41, 5.74) is -0.741. The van der Waals surface area contributed by atoms with Gasteiger partial charge in [0.2, 0.25) is 0 Å². The molecule has 0 aromatic carbocycles. The molecule has 0 aromatic heterocycles. The smallest absolute Gasteiger partial charge is 0.261 e. The van der Waals surface area contributed by atoms with E-state index in [1.807, 2.05) is 128 Å². The summed E-state index contributed by atoms with van der Waals surface area (Å²) in [6, 6.07) is 0. The third-order valence-electron chi connectivity index (χ3n) is 9.61. The van der Waals surface area contributed by atoms with Crippen molar-refractivity contribution in [1.29, 1.82) is 0 Å². The molecule has 0 heterocycles. The predicted octanol–water partition coefficient (Wildman–Crippen LogP) is 12.0. The summed E-state index contributed by atoms with van der Waals surface area (Å²) >= 11 is 0. The summed E-state index contributed by atoms with van der Waals surface area (Å²) < 4.78 is 0. The molecule has 0 saturated heterocycles. The molecular formula is C40H76O4Sc2Si8. The Morgan fingerprint density at radius 2 is 0.333 bits per heavy atom. The Kier molecular flexibility index (Phi) is 32.8. The molecule has 0 bridgehead atoms. The maximum Gasteiger partial charge on any atom is 0.261 e. The first-order valence-electron chi connectivity index (χ1n) is 18.5. The molecule has 4 saturated carbocycles. The fourth-order valence-corrected chi connectivity index (χ4v) is 201. The van der Waals surface area contributed by atoms with Crippen molar-refractivity contribution in [1.82, 2.24) is 0 Å². The van der Waals surface area contributed by atoms with Gasteiger partial charge in [0.05, 0.1) is 0 Å². The molecule has 4 aliphatic rings. The summed E-state index contributed by atoms with van der Waals surface area (Å²) in [5.74, 6) is 0. The van der Waals surface area contributed by atoms with E-state index in [4.69, 9.17) is 0 Å². The Balaban J connectivity index is -0.000000299. The monoisotopic (exact) mass is 934 g/mol. The second-order valence-corrected chi connectivity index (χ2v) is 99.8. The summed E-state index contributed by atoms with van der Waals surface area (Å²) in [6.07, 6.45) is 40.0. The minimum Gasteiger partial charge on any atom is -0.486 e. The molecule has 0 aliphatic heterocycles. The number of carboxylic acid groups (broad SMARTS) is 2. The van der Waals surface area contributed by atoms with Crippen LogP contribution in [0.2, 0.25) is 118 Å². The Labute approximate surface area is 383 Å². The molecular weight excluding hydrogens is 859 g/mol. The first kappa shape index (κ1) is 63.1. The van der Waals surface area contributed by atoms with E-state index in [2.05, 4.69) is 118 Å². The Bertz CT molecular complexity index is 788. The van der Waals surface area contributed by atoms with Crippen LogP contribution in [-0.2, 0) is 51.7 Å². The molecule has 0 spiro atoms. The van der Waals surface area contributed by atoms with Crippen molar-refractivity contribution >= 4 is 70.0 Å². The van der Waals surface area contributed by atoms with Crippen LogP contribution in [0.5, 0.6) is 0 Å². The maximum absolute atomic E-state index is 12.1. The first-order chi connectivity index (χ1) is 23.4. The third kappa shape index (κ3) is 19.9. The Morgan fingerprint density at radius 1 is 0.259 bits per heavy atom. The number of hydrogen-bond acceptors (Lipinski definition) is 2. The van der Waals surface area contributed by atoms with Crippen molar-refractivity contribution in [3.8, 4) is 0 Å². The van der Waals surface area contributed by atoms with Gasteiger partial charge in [-0.2, -0.15) is 0 Å². The number of hydrogen-bond donors (Lipinski definition) is 2. The van der Waals surface area contributed by atoms with Crippen molar-refractivity contribution in [3.05, 3.63) is 128 Å². The van der Waals surface area contributed by atoms with E-state index in [1.165, 1.54) is 0 Å². The molecule has 4 fully saturated rings. The quantitative estimate of drug-likeness (QED) is 0.238. The normalized spacial score (nSPS) is 17.8. The van der Waals surface area contributed by atoms with Crippen molar-refractivity contribution in [2.24, 2.45) is 0 Å². The second kappa shape index (κ2) is 28.1. The molecule has 0 unspecified atom stereocenters. The molecule has 14 heteroatoms. The van der Waals surface area contributed by atoms with E-state index >= 15 is 0 Å². The Hall–Kier alpha value is 2.42. The van der Waals surface area contributed by atoms with Crippen molar-refractivity contribution < 1.29 is 71.5 Å². The summed E-state index contributed by atoms with van der Waals surface area (Å²) in [7, 11) is -9.65. The minimum absolute atomic E-state index is 0. The maximum atomic E-state index is 12.1. The topological polar surface area (TPSA) is 74.6 Å². The number of rotatable bonds is 8. The number of carbonyl (C=O) groups is 2. The summed E-state index contributed by atoms with van der Waals surface area (Å²) in [5, 5.41) is 20.0. The zero-order chi connectivity index (χ0) is 41.3. The summed E-state index contributed by atoms with van der Waals surface area (Å²) in [6.45, 7) is 37.0. The van der Waals surface area contributed by atoms with Gasteiger partial charge in [-0.05, 0) is 128 Å². The standard InChI is InChI=1S/2C10H28O2Si4.4C5H5.2Sc/c2*1-13(2,3)16(10(11)12,14(4,5)6)15(7,8)9;4*1-2-4-5-3-1;;/h2*1-9H3,(H,11,12);4*1-5H;;. The van der Waals surface area contributed by atoms with Crippen LogP contribution in [-0.4, -0.2) is 80.2 Å². The van der Waals surface area contributed by atoms with Crippen molar-refractivity contribution in [2.45, 2.75) is 118 Å². The second-order valence-electron chi connectivity index (χ2n) is 19.5. The minimum atomic E-state index is -2.14. The van der Waals surface area contributed by atoms with Crippen LogP contribution >= 0.6 is 0 Å². The van der Waals surface area contributed by atoms with Crippen LogP contribution in [0.3, 0.4) is 0 Å². The van der Waals surface area contributed by atoms with E-state index in [0.29, 0.717) is 0 Å². The molecule has 4 rings (SSSR count). The van der Waals surface area contributed by atoms with E-state index in [-0.39, 0.29) is 62.9 Å². The molecule has 4 nitrogen and oxygen atoms in total. The van der Waals surface area contributed by atoms with Gasteiger partial charge in [0.25, 0.3) is 11.2 Å². The van der Waals surface area contributed by atoms with Gasteiger partial charge in [-0.25, -0.2) is 0 Å². The molecule has 298 valence electrons. The van der Waals surface area contributed by atoms with Crippen LogP contribution in [0.15, 0.2) is 0 Å². The third-order valence-corrected chi connectivity index (χ3v) is 150. The van der Waals surface area contributed by atoms with Gasteiger partial charge < -0.3 is 10.2 Å². The molecule has 4 aliphatic carbocycles. The van der Waals surface area contributed by atoms with Crippen LogP contribution in [0.4, 0.5) is 9.59 Å². The average molecular weight is 936 g/mol. The van der Waals surface area contributed by atoms with E-state index in [1.54, 1.807) is 0 Å². The molecule has 22 radical (unpaired) electrons. The van der Waals surface area contributed by atoms with Crippen LogP contribution in [0.25, 0.3) is 0 Å². The van der Waals surface area contributed by atoms with Gasteiger partial charge in [-0.15, -0.1) is 0 Å². The van der Waals surface area contributed by atoms with Crippen LogP contribution in [0.1, 0.15) is 0 Å².